The molecule has 0 radical (unpaired) electrons. The van der Waals surface area contributed by atoms with E-state index in [2.05, 4.69) is 48.3 Å². The highest BCUT2D eigenvalue weighted by atomic mass is 16.5. The number of rotatable bonds is 4. The molecule has 0 amide bonds. The van der Waals surface area contributed by atoms with Gasteiger partial charge in [0.25, 0.3) is 0 Å². The quantitative estimate of drug-likeness (QED) is 0.561. The molecule has 26 heavy (non-hydrogen) atoms. The van der Waals surface area contributed by atoms with Gasteiger partial charge in [0.1, 0.15) is 5.82 Å². The first kappa shape index (κ1) is 16.3. The van der Waals surface area contributed by atoms with Crippen LogP contribution in [0.2, 0.25) is 0 Å². The molecule has 0 unspecified atom stereocenters. The van der Waals surface area contributed by atoms with Crippen LogP contribution in [0.4, 0.5) is 0 Å². The Hall–Kier alpha value is -3.15. The van der Waals surface area contributed by atoms with Crippen LogP contribution in [-0.2, 0) is 6.42 Å². The van der Waals surface area contributed by atoms with Gasteiger partial charge >= 0.3 is 0 Å². The van der Waals surface area contributed by atoms with Crippen molar-refractivity contribution in [1.82, 2.24) is 19.6 Å². The van der Waals surface area contributed by atoms with E-state index in [4.69, 9.17) is 14.5 Å². The fourth-order valence-corrected chi connectivity index (χ4v) is 3.16. The van der Waals surface area contributed by atoms with Gasteiger partial charge in [-0.25, -0.2) is 4.98 Å². The number of benzene rings is 2. The fourth-order valence-electron chi connectivity index (χ4n) is 3.16. The van der Waals surface area contributed by atoms with E-state index in [0.29, 0.717) is 11.5 Å². The second kappa shape index (κ2) is 6.29. The third-order valence-corrected chi connectivity index (χ3v) is 4.54. The van der Waals surface area contributed by atoms with Crippen LogP contribution in [0.1, 0.15) is 18.3 Å². The van der Waals surface area contributed by atoms with Crippen LogP contribution in [0.5, 0.6) is 11.5 Å². The molecule has 2 aromatic heterocycles. The number of hydrogen-bond donors (Lipinski definition) is 0. The smallest absolute Gasteiger partial charge is 0.172 e. The Morgan fingerprint density at radius 2 is 1.65 bits per heavy atom. The lowest BCUT2D eigenvalue weighted by Gasteiger charge is -2.12. The average Bonchev–Trinajstić information content (AvgIpc) is 3.12. The summed E-state index contributed by atoms with van der Waals surface area (Å²) in [4.78, 5) is 4.83. The first-order valence-electron chi connectivity index (χ1n) is 8.53. The number of fused-ring (bicyclic) bond motifs is 3. The van der Waals surface area contributed by atoms with E-state index in [9.17, 15) is 0 Å². The van der Waals surface area contributed by atoms with E-state index in [1.54, 1.807) is 14.2 Å². The second-order valence-corrected chi connectivity index (χ2v) is 6.15. The lowest BCUT2D eigenvalue weighted by molar-refractivity contribution is 0.356. The molecule has 6 nitrogen and oxygen atoms in total. The molecule has 0 bridgehead atoms. The number of ether oxygens (including phenoxy) is 2. The van der Waals surface area contributed by atoms with Gasteiger partial charge in [-0.1, -0.05) is 36.8 Å². The fraction of sp³-hybridized carbons (Fsp3) is 0.250. The van der Waals surface area contributed by atoms with Crippen molar-refractivity contribution in [2.24, 2.45) is 0 Å². The Labute approximate surface area is 151 Å². The van der Waals surface area contributed by atoms with E-state index in [1.807, 2.05) is 16.5 Å². The minimum atomic E-state index is 0.646. The Bertz CT molecular complexity index is 1100. The summed E-state index contributed by atoms with van der Waals surface area (Å²) in [6.07, 6.45) is 0.762. The average molecular weight is 348 g/mol. The molecule has 0 aliphatic heterocycles. The lowest BCUT2D eigenvalue weighted by Crippen LogP contribution is -2.03. The molecule has 0 saturated heterocycles. The van der Waals surface area contributed by atoms with Gasteiger partial charge in [-0.2, -0.15) is 0 Å². The molecule has 0 spiro atoms. The highest BCUT2D eigenvalue weighted by molar-refractivity contribution is 5.94. The highest BCUT2D eigenvalue weighted by Gasteiger charge is 2.17. The summed E-state index contributed by atoms with van der Waals surface area (Å²) >= 11 is 0. The van der Waals surface area contributed by atoms with Gasteiger partial charge in [-0.05, 0) is 13.0 Å². The van der Waals surface area contributed by atoms with E-state index >= 15 is 0 Å². The minimum Gasteiger partial charge on any atom is -0.493 e. The van der Waals surface area contributed by atoms with Gasteiger partial charge in [0, 0.05) is 23.4 Å². The Morgan fingerprint density at radius 3 is 2.31 bits per heavy atom. The van der Waals surface area contributed by atoms with Crippen molar-refractivity contribution in [3.8, 4) is 22.9 Å². The van der Waals surface area contributed by atoms with Gasteiger partial charge in [-0.15, -0.1) is 10.2 Å². The van der Waals surface area contributed by atoms with Crippen molar-refractivity contribution in [2.75, 3.05) is 14.2 Å². The topological polar surface area (TPSA) is 61.5 Å². The number of hydrogen-bond acceptors (Lipinski definition) is 5. The van der Waals surface area contributed by atoms with E-state index in [1.165, 1.54) is 5.56 Å². The Balaban J connectivity index is 2.06. The molecular formula is C20H20N4O2. The van der Waals surface area contributed by atoms with E-state index in [-0.39, 0.29) is 0 Å². The number of aryl methyl sites for hydroxylation is 2. The molecule has 2 aromatic carbocycles. The lowest BCUT2D eigenvalue weighted by atomic mass is 10.1. The van der Waals surface area contributed by atoms with Crippen molar-refractivity contribution in [3.05, 3.63) is 47.8 Å². The summed E-state index contributed by atoms with van der Waals surface area (Å²) < 4.78 is 12.9. The van der Waals surface area contributed by atoms with Crippen LogP contribution in [-0.4, -0.2) is 33.8 Å². The molecule has 0 N–H and O–H groups in total. The molecule has 4 aromatic rings. The third kappa shape index (κ3) is 2.45. The summed E-state index contributed by atoms with van der Waals surface area (Å²) in [6.45, 7) is 4.14. The summed E-state index contributed by atoms with van der Waals surface area (Å²) in [6, 6.07) is 12.1. The molecule has 0 aliphatic rings. The number of aromatic nitrogens is 4. The van der Waals surface area contributed by atoms with Gasteiger partial charge in [0.2, 0.25) is 0 Å². The molecule has 6 heteroatoms. The van der Waals surface area contributed by atoms with Crippen LogP contribution in [0.3, 0.4) is 0 Å². The van der Waals surface area contributed by atoms with Crippen molar-refractivity contribution in [3.63, 3.8) is 0 Å². The number of methoxy groups -OCH3 is 2. The zero-order valence-electron chi connectivity index (χ0n) is 15.3. The van der Waals surface area contributed by atoms with Crippen LogP contribution < -0.4 is 9.47 Å². The van der Waals surface area contributed by atoms with Crippen LogP contribution in [0.25, 0.3) is 27.9 Å². The molecule has 132 valence electrons. The normalized spacial score (nSPS) is 11.2. The highest BCUT2D eigenvalue weighted by Crippen LogP contribution is 2.34. The summed E-state index contributed by atoms with van der Waals surface area (Å²) in [5.41, 5.74) is 3.80. The zero-order chi connectivity index (χ0) is 18.3. The SMILES string of the molecule is CCc1nc2cc(OC)c(OC)cc2c2nnc(-c3ccc(C)cc3)n12. The Morgan fingerprint density at radius 1 is 0.962 bits per heavy atom. The van der Waals surface area contributed by atoms with Gasteiger partial charge in [-0.3, -0.25) is 4.40 Å². The summed E-state index contributed by atoms with van der Waals surface area (Å²) in [7, 11) is 3.24. The van der Waals surface area contributed by atoms with Gasteiger partial charge < -0.3 is 9.47 Å². The van der Waals surface area contributed by atoms with Gasteiger partial charge in [0.15, 0.2) is 23.0 Å². The number of nitrogens with zero attached hydrogens (tertiary/aromatic N) is 4. The maximum absolute atomic E-state index is 5.44. The third-order valence-electron chi connectivity index (χ3n) is 4.54. The largest absolute Gasteiger partial charge is 0.493 e. The predicted octanol–water partition coefficient (Wildman–Crippen LogP) is 3.83. The monoisotopic (exact) mass is 348 g/mol. The van der Waals surface area contributed by atoms with Gasteiger partial charge in [0.05, 0.1) is 19.7 Å². The van der Waals surface area contributed by atoms with Crippen LogP contribution >= 0.6 is 0 Å². The molecule has 0 aliphatic carbocycles. The van der Waals surface area contributed by atoms with E-state index < -0.39 is 0 Å². The van der Waals surface area contributed by atoms with Crippen molar-refractivity contribution < 1.29 is 9.47 Å². The van der Waals surface area contributed by atoms with Crippen LogP contribution in [0, 0.1) is 6.92 Å². The van der Waals surface area contributed by atoms with Crippen molar-refractivity contribution >= 4 is 16.6 Å². The molecule has 0 atom stereocenters. The van der Waals surface area contributed by atoms with E-state index in [0.717, 1.165) is 40.2 Å². The molecule has 0 fully saturated rings. The first-order chi connectivity index (χ1) is 12.7. The molecule has 4 rings (SSSR count). The zero-order valence-corrected chi connectivity index (χ0v) is 15.3. The summed E-state index contributed by atoms with van der Waals surface area (Å²) in [5.74, 6) is 2.99. The second-order valence-electron chi connectivity index (χ2n) is 6.15. The maximum Gasteiger partial charge on any atom is 0.172 e. The first-order valence-corrected chi connectivity index (χ1v) is 8.53. The van der Waals surface area contributed by atoms with Crippen molar-refractivity contribution in [2.45, 2.75) is 20.3 Å². The summed E-state index contributed by atoms with van der Waals surface area (Å²) in [5, 5.41) is 9.79. The van der Waals surface area contributed by atoms with Crippen molar-refractivity contribution in [1.29, 1.82) is 0 Å². The minimum absolute atomic E-state index is 0.646. The molecular weight excluding hydrogens is 328 g/mol. The predicted molar refractivity (Wildman–Crippen MR) is 101 cm³/mol. The molecule has 0 saturated carbocycles. The molecule has 2 heterocycles. The Kier molecular flexibility index (Phi) is 3.95. The standard InChI is InChI=1S/C20H20N4O2/c1-5-18-21-15-11-17(26-4)16(25-3)10-14(15)20-23-22-19(24(18)20)13-8-6-12(2)7-9-13/h6-11H,5H2,1-4H3. The maximum atomic E-state index is 5.44. The van der Waals surface area contributed by atoms with Crippen LogP contribution in [0.15, 0.2) is 36.4 Å².